The highest BCUT2D eigenvalue weighted by molar-refractivity contribution is 6.30. The Kier molecular flexibility index (Phi) is 6.69. The van der Waals surface area contributed by atoms with Gasteiger partial charge in [0.2, 0.25) is 5.91 Å². The first-order valence-electron chi connectivity index (χ1n) is 7.18. The van der Waals surface area contributed by atoms with Crippen molar-refractivity contribution in [2.75, 3.05) is 6.54 Å². The molecule has 0 atom stereocenters. The van der Waals surface area contributed by atoms with Crippen LogP contribution in [-0.4, -0.2) is 23.5 Å². The number of hydrogen-bond acceptors (Lipinski definition) is 2. The summed E-state index contributed by atoms with van der Waals surface area (Å²) in [5, 5.41) is 12.7. The predicted molar refractivity (Wildman–Crippen MR) is 83.4 cm³/mol. The van der Waals surface area contributed by atoms with E-state index in [0.717, 1.165) is 5.56 Å². The molecule has 0 heterocycles. The lowest BCUT2D eigenvalue weighted by Crippen LogP contribution is -2.42. The van der Waals surface area contributed by atoms with E-state index < -0.39 is 11.4 Å². The van der Waals surface area contributed by atoms with Gasteiger partial charge in [-0.15, -0.1) is 0 Å². The minimum Gasteiger partial charge on any atom is -0.481 e. The van der Waals surface area contributed by atoms with Gasteiger partial charge in [-0.2, -0.15) is 0 Å². The van der Waals surface area contributed by atoms with E-state index in [1.165, 1.54) is 0 Å². The van der Waals surface area contributed by atoms with Gasteiger partial charge in [0.05, 0.1) is 5.41 Å². The van der Waals surface area contributed by atoms with Gasteiger partial charge >= 0.3 is 5.97 Å². The monoisotopic (exact) mass is 311 g/mol. The largest absolute Gasteiger partial charge is 0.481 e. The molecular formula is C16H22ClNO3. The molecule has 1 aromatic carbocycles. The minimum absolute atomic E-state index is 0.127. The second-order valence-electron chi connectivity index (χ2n) is 5.20. The Morgan fingerprint density at radius 3 is 2.24 bits per heavy atom. The Morgan fingerprint density at radius 2 is 1.76 bits per heavy atom. The van der Waals surface area contributed by atoms with Crippen molar-refractivity contribution in [3.63, 3.8) is 0 Å². The average Bonchev–Trinajstić information content (AvgIpc) is 2.48. The van der Waals surface area contributed by atoms with Crippen molar-refractivity contribution in [1.29, 1.82) is 0 Å². The summed E-state index contributed by atoms with van der Waals surface area (Å²) in [6.07, 6.45) is 1.94. The molecule has 1 rings (SSSR count). The first kappa shape index (κ1) is 17.5. The van der Waals surface area contributed by atoms with E-state index in [4.69, 9.17) is 11.6 Å². The highest BCUT2D eigenvalue weighted by Gasteiger charge is 2.34. The molecule has 0 aromatic heterocycles. The number of benzene rings is 1. The number of halogens is 1. The first-order chi connectivity index (χ1) is 9.93. The fraction of sp³-hybridized carbons (Fsp3) is 0.500. The average molecular weight is 312 g/mol. The van der Waals surface area contributed by atoms with Gasteiger partial charge in [-0.25, -0.2) is 0 Å². The molecule has 0 bridgehead atoms. The van der Waals surface area contributed by atoms with Gasteiger partial charge in [0.15, 0.2) is 0 Å². The van der Waals surface area contributed by atoms with Crippen molar-refractivity contribution in [3.8, 4) is 0 Å². The van der Waals surface area contributed by atoms with Gasteiger partial charge in [-0.3, -0.25) is 9.59 Å². The van der Waals surface area contributed by atoms with Crippen molar-refractivity contribution >= 4 is 23.5 Å². The number of carbonyl (C=O) groups excluding carboxylic acids is 1. The molecule has 0 aliphatic rings. The molecule has 1 amide bonds. The summed E-state index contributed by atoms with van der Waals surface area (Å²) in [4.78, 5) is 23.2. The van der Waals surface area contributed by atoms with Crippen LogP contribution in [0.15, 0.2) is 24.3 Å². The van der Waals surface area contributed by atoms with Crippen LogP contribution in [0.1, 0.15) is 38.7 Å². The number of carboxylic acid groups (broad SMARTS) is 1. The fourth-order valence-corrected chi connectivity index (χ4v) is 2.27. The topological polar surface area (TPSA) is 66.4 Å². The molecule has 0 aliphatic heterocycles. The molecule has 0 fully saturated rings. The second-order valence-corrected chi connectivity index (χ2v) is 5.63. The lowest BCUT2D eigenvalue weighted by atomic mass is 9.82. The third kappa shape index (κ3) is 5.05. The minimum atomic E-state index is -0.865. The summed E-state index contributed by atoms with van der Waals surface area (Å²) in [6, 6.07) is 7.35. The molecule has 1 aromatic rings. The molecule has 0 spiro atoms. The van der Waals surface area contributed by atoms with Crippen LogP contribution in [0, 0.1) is 5.41 Å². The van der Waals surface area contributed by atoms with Crippen LogP contribution >= 0.6 is 11.6 Å². The number of rotatable bonds is 8. The molecule has 0 unspecified atom stereocenters. The number of nitrogens with one attached hydrogen (secondary N) is 1. The summed E-state index contributed by atoms with van der Waals surface area (Å²) in [5.74, 6) is -0.983. The molecule has 2 N–H and O–H groups in total. The maximum absolute atomic E-state index is 11.9. The smallest absolute Gasteiger partial charge is 0.311 e. The number of carbonyl (C=O) groups is 2. The van der Waals surface area contributed by atoms with Gasteiger partial charge in [-0.05, 0) is 37.0 Å². The third-order valence-electron chi connectivity index (χ3n) is 3.99. The van der Waals surface area contributed by atoms with E-state index in [1.807, 2.05) is 26.0 Å². The SMILES string of the molecule is CCC(CC)(CNC(=O)CCc1ccc(Cl)cc1)C(=O)O. The van der Waals surface area contributed by atoms with Crippen molar-refractivity contribution < 1.29 is 14.7 Å². The molecule has 116 valence electrons. The zero-order valence-electron chi connectivity index (χ0n) is 12.5. The molecule has 0 saturated heterocycles. The lowest BCUT2D eigenvalue weighted by Gasteiger charge is -2.26. The van der Waals surface area contributed by atoms with E-state index in [-0.39, 0.29) is 12.5 Å². The summed E-state index contributed by atoms with van der Waals surface area (Å²) >= 11 is 5.80. The van der Waals surface area contributed by atoms with Crippen LogP contribution in [0.5, 0.6) is 0 Å². The van der Waals surface area contributed by atoms with Crippen LogP contribution in [0.4, 0.5) is 0 Å². The first-order valence-corrected chi connectivity index (χ1v) is 7.56. The standard InChI is InChI=1S/C16H22ClNO3/c1-3-16(4-2,15(20)21)11-18-14(19)10-7-12-5-8-13(17)9-6-12/h5-6,8-9H,3-4,7,10-11H2,1-2H3,(H,18,19)(H,20,21). The number of amides is 1. The molecule has 0 aliphatic carbocycles. The zero-order chi connectivity index (χ0) is 15.9. The van der Waals surface area contributed by atoms with Crippen molar-refractivity contribution in [1.82, 2.24) is 5.32 Å². The number of aliphatic carboxylic acids is 1. The van der Waals surface area contributed by atoms with E-state index in [2.05, 4.69) is 5.32 Å². The normalized spacial score (nSPS) is 11.2. The Balaban J connectivity index is 2.46. The second kappa shape index (κ2) is 8.03. The molecular weight excluding hydrogens is 290 g/mol. The van der Waals surface area contributed by atoms with Crippen molar-refractivity contribution in [2.24, 2.45) is 5.41 Å². The van der Waals surface area contributed by atoms with Gasteiger partial charge in [0, 0.05) is 18.0 Å². The summed E-state index contributed by atoms with van der Waals surface area (Å²) < 4.78 is 0. The highest BCUT2D eigenvalue weighted by atomic mass is 35.5. The number of aryl methyl sites for hydroxylation is 1. The van der Waals surface area contributed by atoms with Gasteiger partial charge < -0.3 is 10.4 Å². The number of carboxylic acids is 1. The van der Waals surface area contributed by atoms with E-state index >= 15 is 0 Å². The molecule has 5 heteroatoms. The molecule has 4 nitrogen and oxygen atoms in total. The molecule has 0 saturated carbocycles. The fourth-order valence-electron chi connectivity index (χ4n) is 2.14. The number of hydrogen-bond donors (Lipinski definition) is 2. The van der Waals surface area contributed by atoms with Crippen LogP contribution in [0.3, 0.4) is 0 Å². The van der Waals surface area contributed by atoms with Crippen LogP contribution < -0.4 is 5.32 Å². The van der Waals surface area contributed by atoms with E-state index in [0.29, 0.717) is 30.7 Å². The summed E-state index contributed by atoms with van der Waals surface area (Å²) in [6.45, 7) is 3.84. The maximum Gasteiger partial charge on any atom is 0.311 e. The summed E-state index contributed by atoms with van der Waals surface area (Å²) in [5.41, 5.74) is 0.167. The molecule has 21 heavy (non-hydrogen) atoms. The van der Waals surface area contributed by atoms with Crippen LogP contribution in [0.25, 0.3) is 0 Å². The maximum atomic E-state index is 11.9. The Hall–Kier alpha value is -1.55. The Bertz CT molecular complexity index is 481. The van der Waals surface area contributed by atoms with Gasteiger partial charge in [0.1, 0.15) is 0 Å². The van der Waals surface area contributed by atoms with E-state index in [1.54, 1.807) is 12.1 Å². The Morgan fingerprint density at radius 1 is 1.19 bits per heavy atom. The van der Waals surface area contributed by atoms with Crippen molar-refractivity contribution in [2.45, 2.75) is 39.5 Å². The quantitative estimate of drug-likeness (QED) is 0.774. The van der Waals surface area contributed by atoms with Crippen molar-refractivity contribution in [3.05, 3.63) is 34.9 Å². The lowest BCUT2D eigenvalue weighted by molar-refractivity contribution is -0.149. The van der Waals surface area contributed by atoms with Gasteiger partial charge in [0.25, 0.3) is 0 Å². The van der Waals surface area contributed by atoms with Gasteiger partial charge in [-0.1, -0.05) is 37.6 Å². The third-order valence-corrected chi connectivity index (χ3v) is 4.24. The van der Waals surface area contributed by atoms with Crippen LogP contribution in [0.2, 0.25) is 5.02 Å². The Labute approximate surface area is 130 Å². The summed E-state index contributed by atoms with van der Waals surface area (Å²) in [7, 11) is 0. The molecule has 0 radical (unpaired) electrons. The van der Waals surface area contributed by atoms with E-state index in [9.17, 15) is 14.7 Å². The highest BCUT2D eigenvalue weighted by Crippen LogP contribution is 2.25. The van der Waals surface area contributed by atoms with Crippen LogP contribution in [-0.2, 0) is 16.0 Å². The predicted octanol–water partition coefficient (Wildman–Crippen LogP) is 3.28. The zero-order valence-corrected chi connectivity index (χ0v) is 13.2.